The molecule has 0 bridgehead atoms. The summed E-state index contributed by atoms with van der Waals surface area (Å²) >= 11 is 11.7. The molecule has 0 aliphatic carbocycles. The molecule has 1 heterocycles. The van der Waals surface area contributed by atoms with E-state index in [-0.39, 0.29) is 37.6 Å². The first kappa shape index (κ1) is 20.9. The Kier molecular flexibility index (Phi) is 5.39. The number of nitrogens with one attached hydrogen (secondary N) is 1. The second-order valence-electron chi connectivity index (χ2n) is 6.47. The third-order valence-electron chi connectivity index (χ3n) is 4.21. The number of carbonyl (C=O) groups is 1. The standard InChI is InChI=1S/C17H16Cl2N2O5S2/c1-10-7-13(21-17(22)11(2)9-27(21,23)24)4-6-16(10)28(25,26)20-12-3-5-14(18)15(19)8-12/h3-8,11,20H,9H2,1-2H3. The number of hydrogen-bond donors (Lipinski definition) is 1. The molecule has 11 heteroatoms. The Morgan fingerprint density at radius 2 is 1.79 bits per heavy atom. The van der Waals surface area contributed by atoms with Crippen molar-refractivity contribution in [1.29, 1.82) is 0 Å². The van der Waals surface area contributed by atoms with Gasteiger partial charge in [0.15, 0.2) is 0 Å². The molecule has 1 aliphatic heterocycles. The highest BCUT2D eigenvalue weighted by atomic mass is 35.5. The van der Waals surface area contributed by atoms with Gasteiger partial charge in [-0.1, -0.05) is 30.1 Å². The van der Waals surface area contributed by atoms with Gasteiger partial charge in [-0.05, 0) is 48.9 Å². The molecule has 1 aliphatic rings. The van der Waals surface area contributed by atoms with Crippen LogP contribution in [-0.4, -0.2) is 28.5 Å². The molecule has 28 heavy (non-hydrogen) atoms. The van der Waals surface area contributed by atoms with Crippen LogP contribution in [0.3, 0.4) is 0 Å². The van der Waals surface area contributed by atoms with Crippen molar-refractivity contribution in [1.82, 2.24) is 0 Å². The van der Waals surface area contributed by atoms with Crippen LogP contribution in [0.5, 0.6) is 0 Å². The van der Waals surface area contributed by atoms with Crippen molar-refractivity contribution in [3.63, 3.8) is 0 Å². The van der Waals surface area contributed by atoms with E-state index in [1.54, 1.807) is 0 Å². The molecule has 0 saturated carbocycles. The Balaban J connectivity index is 1.96. The Morgan fingerprint density at radius 1 is 1.11 bits per heavy atom. The van der Waals surface area contributed by atoms with E-state index in [4.69, 9.17) is 23.2 Å². The molecule has 1 fully saturated rings. The van der Waals surface area contributed by atoms with E-state index in [1.807, 2.05) is 0 Å². The SMILES string of the molecule is Cc1cc(N2C(=O)C(C)CS2(=O)=O)ccc1S(=O)(=O)Nc1ccc(Cl)c(Cl)c1. The molecule has 0 spiro atoms. The van der Waals surface area contributed by atoms with Crippen LogP contribution in [0.15, 0.2) is 41.3 Å². The predicted octanol–water partition coefficient (Wildman–Crippen LogP) is 3.42. The lowest BCUT2D eigenvalue weighted by molar-refractivity contribution is -0.119. The lowest BCUT2D eigenvalue weighted by Gasteiger charge is -2.17. The first-order valence-corrected chi connectivity index (χ1v) is 11.9. The summed E-state index contributed by atoms with van der Waals surface area (Å²) < 4.78 is 53.0. The maximum absolute atomic E-state index is 12.7. The zero-order valence-corrected chi connectivity index (χ0v) is 18.0. The number of aryl methyl sites for hydroxylation is 1. The highest BCUT2D eigenvalue weighted by molar-refractivity contribution is 7.94. The largest absolute Gasteiger partial charge is 0.280 e. The third kappa shape index (κ3) is 3.84. The fraction of sp³-hybridized carbons (Fsp3) is 0.235. The van der Waals surface area contributed by atoms with Crippen molar-refractivity contribution in [3.05, 3.63) is 52.0 Å². The van der Waals surface area contributed by atoms with Gasteiger partial charge in [-0.15, -0.1) is 0 Å². The number of anilines is 2. The van der Waals surface area contributed by atoms with Crippen molar-refractivity contribution in [2.24, 2.45) is 5.92 Å². The van der Waals surface area contributed by atoms with E-state index in [9.17, 15) is 21.6 Å². The maximum atomic E-state index is 12.7. The number of nitrogens with zero attached hydrogens (tertiary/aromatic N) is 1. The molecule has 1 atom stereocenters. The Bertz CT molecular complexity index is 1180. The van der Waals surface area contributed by atoms with E-state index in [2.05, 4.69) is 4.72 Å². The number of halogens is 2. The smallest absolute Gasteiger partial charge is 0.262 e. The van der Waals surface area contributed by atoms with Crippen LogP contribution in [-0.2, 0) is 24.8 Å². The molecule has 3 rings (SSSR count). The highest BCUT2D eigenvalue weighted by Crippen LogP contribution is 2.32. The minimum absolute atomic E-state index is 0.0561. The van der Waals surface area contributed by atoms with Crippen LogP contribution in [0, 0.1) is 12.8 Å². The molecular formula is C17H16Cl2N2O5S2. The number of rotatable bonds is 4. The molecular weight excluding hydrogens is 447 g/mol. The molecule has 7 nitrogen and oxygen atoms in total. The number of benzene rings is 2. The van der Waals surface area contributed by atoms with Crippen LogP contribution in [0.25, 0.3) is 0 Å². The van der Waals surface area contributed by atoms with Crippen LogP contribution in [0.1, 0.15) is 12.5 Å². The fourth-order valence-electron chi connectivity index (χ4n) is 2.92. The van der Waals surface area contributed by atoms with Crippen molar-refractivity contribution < 1.29 is 21.6 Å². The second kappa shape index (κ2) is 7.22. The number of hydrogen-bond acceptors (Lipinski definition) is 5. The van der Waals surface area contributed by atoms with E-state index in [0.29, 0.717) is 0 Å². The molecule has 1 saturated heterocycles. The van der Waals surface area contributed by atoms with E-state index >= 15 is 0 Å². The van der Waals surface area contributed by atoms with Gasteiger partial charge in [-0.25, -0.2) is 21.1 Å². The topological polar surface area (TPSA) is 101 Å². The molecule has 0 radical (unpaired) electrons. The van der Waals surface area contributed by atoms with E-state index < -0.39 is 31.9 Å². The van der Waals surface area contributed by atoms with Gasteiger partial charge in [0.2, 0.25) is 15.9 Å². The molecule has 2 aromatic rings. The zero-order valence-electron chi connectivity index (χ0n) is 14.8. The summed E-state index contributed by atoms with van der Waals surface area (Å²) in [5.74, 6) is -1.46. The molecule has 1 amide bonds. The van der Waals surface area contributed by atoms with Crippen molar-refractivity contribution in [3.8, 4) is 0 Å². The van der Waals surface area contributed by atoms with Gasteiger partial charge in [-0.3, -0.25) is 9.52 Å². The average Bonchev–Trinajstić information content (AvgIpc) is 2.77. The van der Waals surface area contributed by atoms with Crippen LogP contribution < -0.4 is 9.03 Å². The van der Waals surface area contributed by atoms with Crippen LogP contribution in [0.4, 0.5) is 11.4 Å². The summed E-state index contributed by atoms with van der Waals surface area (Å²) in [6, 6.07) is 8.22. The van der Waals surface area contributed by atoms with Gasteiger partial charge in [0, 0.05) is 0 Å². The Morgan fingerprint density at radius 3 is 2.32 bits per heavy atom. The first-order chi connectivity index (χ1) is 12.9. The van der Waals surface area contributed by atoms with Gasteiger partial charge >= 0.3 is 0 Å². The minimum Gasteiger partial charge on any atom is -0.280 e. The molecule has 1 unspecified atom stereocenters. The van der Waals surface area contributed by atoms with Crippen molar-refractivity contribution in [2.45, 2.75) is 18.7 Å². The molecule has 150 valence electrons. The molecule has 1 N–H and O–H groups in total. The Labute approximate surface area is 173 Å². The van der Waals surface area contributed by atoms with Gasteiger partial charge in [-0.2, -0.15) is 0 Å². The first-order valence-electron chi connectivity index (χ1n) is 8.08. The summed E-state index contributed by atoms with van der Waals surface area (Å²) in [7, 11) is -7.74. The summed E-state index contributed by atoms with van der Waals surface area (Å²) in [6.45, 7) is 3.05. The minimum atomic E-state index is -3.97. The second-order valence-corrected chi connectivity index (χ2v) is 10.8. The number of sulfonamides is 2. The lowest BCUT2D eigenvalue weighted by Crippen LogP contribution is -2.30. The number of carbonyl (C=O) groups excluding carboxylic acids is 1. The normalized spacial score (nSPS) is 19.1. The average molecular weight is 463 g/mol. The lowest BCUT2D eigenvalue weighted by atomic mass is 10.2. The third-order valence-corrected chi connectivity index (χ3v) is 8.36. The van der Waals surface area contributed by atoms with Crippen LogP contribution >= 0.6 is 23.2 Å². The predicted molar refractivity (Wildman–Crippen MR) is 109 cm³/mol. The quantitative estimate of drug-likeness (QED) is 0.749. The van der Waals surface area contributed by atoms with Gasteiger partial charge in [0.05, 0.1) is 38.0 Å². The van der Waals surface area contributed by atoms with Crippen molar-refractivity contribution in [2.75, 3.05) is 14.8 Å². The summed E-state index contributed by atoms with van der Waals surface area (Å²) in [5.41, 5.74) is 0.622. The van der Waals surface area contributed by atoms with E-state index in [0.717, 1.165) is 4.31 Å². The maximum Gasteiger partial charge on any atom is 0.262 e. The van der Waals surface area contributed by atoms with Crippen molar-refractivity contribution >= 4 is 60.5 Å². The summed E-state index contributed by atoms with van der Waals surface area (Å²) in [6.07, 6.45) is 0. The molecule has 2 aromatic carbocycles. The molecule has 0 aromatic heterocycles. The van der Waals surface area contributed by atoms with Gasteiger partial charge < -0.3 is 0 Å². The summed E-state index contributed by atoms with van der Waals surface area (Å²) in [4.78, 5) is 12.2. The zero-order chi connectivity index (χ0) is 20.9. The summed E-state index contributed by atoms with van der Waals surface area (Å²) in [5, 5.41) is 0.483. The Hall–Kier alpha value is -1.81. The van der Waals surface area contributed by atoms with E-state index in [1.165, 1.54) is 50.2 Å². The fourth-order valence-corrected chi connectivity index (χ4v) is 6.31. The number of amides is 1. The van der Waals surface area contributed by atoms with Gasteiger partial charge in [0.25, 0.3) is 10.0 Å². The highest BCUT2D eigenvalue weighted by Gasteiger charge is 2.42. The van der Waals surface area contributed by atoms with Crippen LogP contribution in [0.2, 0.25) is 10.0 Å². The van der Waals surface area contributed by atoms with Gasteiger partial charge in [0.1, 0.15) is 0 Å². The monoisotopic (exact) mass is 462 g/mol.